The van der Waals surface area contributed by atoms with E-state index in [0.29, 0.717) is 19.5 Å². The van der Waals surface area contributed by atoms with Crippen LogP contribution in [0.4, 0.5) is 0 Å². The average molecular weight is 383 g/mol. The summed E-state index contributed by atoms with van der Waals surface area (Å²) in [6.07, 6.45) is 5.29. The van der Waals surface area contributed by atoms with Gasteiger partial charge in [0.15, 0.2) is 0 Å². The number of amides is 1. The number of hydrogen-bond acceptors (Lipinski definition) is 4. The van der Waals surface area contributed by atoms with E-state index in [-0.39, 0.29) is 16.2 Å². The first kappa shape index (κ1) is 18.8. The quantitative estimate of drug-likeness (QED) is 0.303. The minimum Gasteiger partial charge on any atom is -0.335 e. The van der Waals surface area contributed by atoms with Crippen molar-refractivity contribution in [1.29, 1.82) is 0 Å². The van der Waals surface area contributed by atoms with Gasteiger partial charge in [0, 0.05) is 35.6 Å². The molecule has 0 atom stereocenters. The number of nitrogens with zero attached hydrogens (tertiary/aromatic N) is 1. The summed E-state index contributed by atoms with van der Waals surface area (Å²) >= 11 is 1.75. The van der Waals surface area contributed by atoms with Gasteiger partial charge in [-0.2, -0.15) is 0 Å². The number of rotatable bonds is 12. The second-order valence-electron chi connectivity index (χ2n) is 4.58. The summed E-state index contributed by atoms with van der Waals surface area (Å²) in [5, 5.41) is 3.10. The van der Waals surface area contributed by atoms with E-state index in [4.69, 9.17) is 5.73 Å². The Morgan fingerprint density at radius 1 is 1.16 bits per heavy atom. The summed E-state index contributed by atoms with van der Waals surface area (Å²) in [6, 6.07) is 0. The zero-order valence-electron chi connectivity index (χ0n) is 11.8. The van der Waals surface area contributed by atoms with Crippen LogP contribution >= 0.6 is 22.6 Å². The van der Waals surface area contributed by atoms with Crippen LogP contribution in [-0.4, -0.2) is 47.8 Å². The van der Waals surface area contributed by atoms with Gasteiger partial charge in [-0.25, -0.2) is 0 Å². The SMILES string of the molecule is CNCCCCCN(CC(=O)I)C(=O)CCCCN. The lowest BCUT2D eigenvalue weighted by atomic mass is 10.2. The molecule has 0 aromatic rings. The van der Waals surface area contributed by atoms with Crippen LogP contribution in [0.15, 0.2) is 0 Å². The number of nitrogens with two attached hydrogens (primary N) is 1. The van der Waals surface area contributed by atoms with Crippen LogP contribution in [0.3, 0.4) is 0 Å². The Hall–Kier alpha value is -0.210. The number of nitrogens with one attached hydrogen (secondary N) is 1. The van der Waals surface area contributed by atoms with Crippen molar-refractivity contribution in [2.24, 2.45) is 5.73 Å². The zero-order chi connectivity index (χ0) is 14.5. The van der Waals surface area contributed by atoms with Gasteiger partial charge in [0.25, 0.3) is 0 Å². The first-order valence-corrected chi connectivity index (χ1v) is 8.00. The van der Waals surface area contributed by atoms with Gasteiger partial charge in [-0.3, -0.25) is 9.59 Å². The summed E-state index contributed by atoms with van der Waals surface area (Å²) in [7, 11) is 1.93. The lowest BCUT2D eigenvalue weighted by Gasteiger charge is -2.21. The standard InChI is InChI=1S/C13H26IN3O2/c1-16-9-5-2-6-10-17(11-12(14)18)13(19)7-3-4-8-15/h16H,2-11,15H2,1H3. The van der Waals surface area contributed by atoms with Crippen LogP contribution in [0.5, 0.6) is 0 Å². The second-order valence-corrected chi connectivity index (χ2v) is 5.78. The third kappa shape index (κ3) is 11.3. The van der Waals surface area contributed by atoms with E-state index in [2.05, 4.69) is 5.32 Å². The molecule has 1 amide bonds. The smallest absolute Gasteiger partial charge is 0.222 e. The molecular formula is C13H26IN3O2. The fraction of sp³-hybridized carbons (Fsp3) is 0.846. The molecule has 0 aliphatic carbocycles. The summed E-state index contributed by atoms with van der Waals surface area (Å²) in [5.74, 6) is 0.0760. The molecule has 0 saturated heterocycles. The van der Waals surface area contributed by atoms with Crippen LogP contribution in [0, 0.1) is 0 Å². The minimum atomic E-state index is 0.0139. The Balaban J connectivity index is 3.99. The maximum atomic E-state index is 12.0. The molecule has 0 bridgehead atoms. The van der Waals surface area contributed by atoms with Crippen molar-refractivity contribution in [2.45, 2.75) is 38.5 Å². The van der Waals surface area contributed by atoms with E-state index in [1.807, 2.05) is 7.05 Å². The third-order valence-corrected chi connectivity index (χ3v) is 3.21. The molecule has 0 saturated carbocycles. The van der Waals surface area contributed by atoms with Crippen molar-refractivity contribution >= 4 is 32.3 Å². The van der Waals surface area contributed by atoms with Crippen LogP contribution in [-0.2, 0) is 9.59 Å². The first-order valence-electron chi connectivity index (χ1n) is 6.92. The maximum Gasteiger partial charge on any atom is 0.222 e. The van der Waals surface area contributed by atoms with Crippen LogP contribution < -0.4 is 11.1 Å². The molecule has 0 fully saturated rings. The number of halogens is 1. The van der Waals surface area contributed by atoms with Crippen molar-refractivity contribution in [1.82, 2.24) is 10.2 Å². The first-order chi connectivity index (χ1) is 9.11. The van der Waals surface area contributed by atoms with Gasteiger partial charge in [-0.1, -0.05) is 6.42 Å². The van der Waals surface area contributed by atoms with E-state index < -0.39 is 0 Å². The average Bonchev–Trinajstić information content (AvgIpc) is 2.37. The largest absolute Gasteiger partial charge is 0.335 e. The topological polar surface area (TPSA) is 75.4 Å². The van der Waals surface area contributed by atoms with E-state index in [1.54, 1.807) is 27.5 Å². The van der Waals surface area contributed by atoms with E-state index >= 15 is 0 Å². The Labute approximate surface area is 129 Å². The van der Waals surface area contributed by atoms with Gasteiger partial charge >= 0.3 is 0 Å². The highest BCUT2D eigenvalue weighted by Gasteiger charge is 2.14. The van der Waals surface area contributed by atoms with Gasteiger partial charge in [0.05, 0.1) is 6.54 Å². The molecule has 6 heteroatoms. The lowest BCUT2D eigenvalue weighted by Crippen LogP contribution is -2.35. The minimum absolute atomic E-state index is 0.0139. The predicted molar refractivity (Wildman–Crippen MR) is 86.3 cm³/mol. The summed E-state index contributed by atoms with van der Waals surface area (Å²) in [5.41, 5.74) is 5.41. The molecule has 0 rings (SSSR count). The zero-order valence-corrected chi connectivity index (χ0v) is 13.9. The maximum absolute atomic E-state index is 12.0. The highest BCUT2D eigenvalue weighted by atomic mass is 127. The van der Waals surface area contributed by atoms with Crippen molar-refractivity contribution in [2.75, 3.05) is 33.2 Å². The lowest BCUT2D eigenvalue weighted by molar-refractivity contribution is -0.133. The van der Waals surface area contributed by atoms with Crippen LogP contribution in [0.2, 0.25) is 0 Å². The second kappa shape index (κ2) is 12.8. The Morgan fingerprint density at radius 2 is 1.89 bits per heavy atom. The van der Waals surface area contributed by atoms with Crippen LogP contribution in [0.25, 0.3) is 0 Å². The molecule has 5 nitrogen and oxygen atoms in total. The van der Waals surface area contributed by atoms with Gasteiger partial charge in [0.1, 0.15) is 0 Å². The molecule has 0 aliphatic heterocycles. The predicted octanol–water partition coefficient (Wildman–Crippen LogP) is 1.30. The molecule has 0 radical (unpaired) electrons. The van der Waals surface area contributed by atoms with E-state index in [1.165, 1.54) is 0 Å². The van der Waals surface area contributed by atoms with Gasteiger partial charge < -0.3 is 16.0 Å². The number of carbonyl (C=O) groups is 2. The number of hydrogen-bond donors (Lipinski definition) is 2. The Bertz CT molecular complexity index is 262. The highest BCUT2D eigenvalue weighted by Crippen LogP contribution is 2.05. The summed E-state index contributed by atoms with van der Waals surface area (Å²) < 4.78 is 0.0139. The fourth-order valence-electron chi connectivity index (χ4n) is 1.80. The molecule has 3 N–H and O–H groups in total. The summed E-state index contributed by atoms with van der Waals surface area (Å²) in [6.45, 7) is 2.52. The van der Waals surface area contributed by atoms with Crippen molar-refractivity contribution in [3.63, 3.8) is 0 Å². The molecule has 0 aliphatic rings. The number of carbonyl (C=O) groups excluding carboxylic acids is 2. The molecule has 19 heavy (non-hydrogen) atoms. The van der Waals surface area contributed by atoms with Gasteiger partial charge in [-0.15, -0.1) is 0 Å². The van der Waals surface area contributed by atoms with Gasteiger partial charge in [-0.05, 0) is 45.8 Å². The number of unbranched alkanes of at least 4 members (excludes halogenated alkanes) is 3. The van der Waals surface area contributed by atoms with Gasteiger partial charge in [0.2, 0.25) is 9.70 Å². The molecule has 0 unspecified atom stereocenters. The Morgan fingerprint density at radius 3 is 2.47 bits per heavy atom. The molecule has 0 spiro atoms. The molecule has 112 valence electrons. The molecular weight excluding hydrogens is 357 g/mol. The molecule has 0 aromatic carbocycles. The molecule has 0 aromatic heterocycles. The fourth-order valence-corrected chi connectivity index (χ4v) is 2.21. The van der Waals surface area contributed by atoms with Crippen molar-refractivity contribution < 1.29 is 9.59 Å². The summed E-state index contributed by atoms with van der Waals surface area (Å²) in [4.78, 5) is 24.9. The van der Waals surface area contributed by atoms with E-state index in [9.17, 15) is 9.59 Å². The van der Waals surface area contributed by atoms with Crippen LogP contribution in [0.1, 0.15) is 38.5 Å². The molecule has 0 heterocycles. The normalized spacial score (nSPS) is 10.5. The van der Waals surface area contributed by atoms with Crippen molar-refractivity contribution in [3.8, 4) is 0 Å². The Kier molecular flexibility index (Phi) is 12.7. The van der Waals surface area contributed by atoms with Crippen molar-refractivity contribution in [3.05, 3.63) is 0 Å². The van der Waals surface area contributed by atoms with E-state index in [0.717, 1.165) is 38.6 Å². The highest BCUT2D eigenvalue weighted by molar-refractivity contribution is 14.1. The third-order valence-electron chi connectivity index (χ3n) is 2.87. The monoisotopic (exact) mass is 383 g/mol.